The van der Waals surface area contributed by atoms with Crippen LogP contribution in [0.4, 0.5) is 0 Å². The zero-order valence-electron chi connectivity index (χ0n) is 16.4. The highest BCUT2D eigenvalue weighted by molar-refractivity contribution is 5.83. The SMILES string of the molecule is CCNC(=NCc1cccc2cccnc12)NCc1ncc(C(C)(C)C)o1. The molecule has 2 heterocycles. The lowest BCUT2D eigenvalue weighted by molar-refractivity contribution is 0.379. The molecule has 2 N–H and O–H groups in total. The van der Waals surface area contributed by atoms with E-state index in [4.69, 9.17) is 4.42 Å². The molecule has 1 aromatic carbocycles. The van der Waals surface area contributed by atoms with E-state index in [1.54, 1.807) is 6.20 Å². The van der Waals surface area contributed by atoms with Gasteiger partial charge in [0, 0.05) is 23.5 Å². The van der Waals surface area contributed by atoms with Gasteiger partial charge in [-0.05, 0) is 18.6 Å². The van der Waals surface area contributed by atoms with Gasteiger partial charge in [-0.25, -0.2) is 9.98 Å². The first kappa shape index (κ1) is 18.9. The molecule has 0 radical (unpaired) electrons. The Balaban J connectivity index is 1.70. The summed E-state index contributed by atoms with van der Waals surface area (Å²) in [6, 6.07) is 10.2. The summed E-state index contributed by atoms with van der Waals surface area (Å²) in [5.41, 5.74) is 2.03. The molecule has 6 nitrogen and oxygen atoms in total. The molecule has 3 aromatic rings. The number of aliphatic imine (C=N–C) groups is 1. The summed E-state index contributed by atoms with van der Waals surface area (Å²) < 4.78 is 5.83. The largest absolute Gasteiger partial charge is 0.443 e. The summed E-state index contributed by atoms with van der Waals surface area (Å²) in [6.45, 7) is 10.2. The van der Waals surface area contributed by atoms with Crippen LogP contribution < -0.4 is 10.6 Å². The van der Waals surface area contributed by atoms with Crippen LogP contribution in [0.15, 0.2) is 52.1 Å². The van der Waals surface area contributed by atoms with E-state index in [0.29, 0.717) is 19.0 Å². The van der Waals surface area contributed by atoms with Crippen LogP contribution in [0.25, 0.3) is 10.9 Å². The number of benzene rings is 1. The number of nitrogens with zero attached hydrogens (tertiary/aromatic N) is 3. The van der Waals surface area contributed by atoms with Gasteiger partial charge < -0.3 is 15.1 Å². The summed E-state index contributed by atoms with van der Waals surface area (Å²) in [4.78, 5) is 13.5. The Bertz CT molecular complexity index is 918. The van der Waals surface area contributed by atoms with Crippen LogP contribution in [0.1, 0.15) is 44.9 Å². The Hall–Kier alpha value is -2.89. The average Bonchev–Trinajstić information content (AvgIpc) is 3.13. The third-order valence-electron chi connectivity index (χ3n) is 4.17. The second-order valence-electron chi connectivity index (χ2n) is 7.41. The molecule has 0 saturated heterocycles. The van der Waals surface area contributed by atoms with Crippen molar-refractivity contribution in [3.05, 3.63) is 59.9 Å². The maximum atomic E-state index is 5.83. The molecule has 0 atom stereocenters. The van der Waals surface area contributed by atoms with Gasteiger partial charge in [0.2, 0.25) is 5.89 Å². The van der Waals surface area contributed by atoms with Gasteiger partial charge in [-0.2, -0.15) is 0 Å². The minimum absolute atomic E-state index is 0.0504. The fraction of sp³-hybridized carbons (Fsp3) is 0.381. The quantitative estimate of drug-likeness (QED) is 0.532. The number of hydrogen-bond donors (Lipinski definition) is 2. The van der Waals surface area contributed by atoms with Crippen molar-refractivity contribution in [3.63, 3.8) is 0 Å². The van der Waals surface area contributed by atoms with Gasteiger partial charge in [-0.3, -0.25) is 4.98 Å². The number of pyridine rings is 1. The van der Waals surface area contributed by atoms with Gasteiger partial charge >= 0.3 is 0 Å². The maximum Gasteiger partial charge on any atom is 0.213 e. The van der Waals surface area contributed by atoms with Gasteiger partial charge in [0.1, 0.15) is 5.76 Å². The highest BCUT2D eigenvalue weighted by Gasteiger charge is 2.19. The Morgan fingerprint density at radius 1 is 1.11 bits per heavy atom. The standard InChI is InChI=1S/C21H27N5O/c1-5-22-20(26-14-18-24-13-17(27-18)21(2,3)4)25-12-16-9-6-8-15-10-7-11-23-19(15)16/h6-11,13H,5,12,14H2,1-4H3,(H2,22,25,26). The normalized spacial score (nSPS) is 12.4. The van der Waals surface area contributed by atoms with E-state index in [1.807, 2.05) is 25.3 Å². The fourth-order valence-corrected chi connectivity index (χ4v) is 2.70. The molecule has 0 aliphatic carbocycles. The molecule has 0 fully saturated rings. The van der Waals surface area contributed by atoms with Gasteiger partial charge in [-0.1, -0.05) is 45.0 Å². The molecule has 0 bridgehead atoms. The Kier molecular flexibility index (Phi) is 5.74. The minimum atomic E-state index is -0.0504. The van der Waals surface area contributed by atoms with E-state index in [2.05, 4.69) is 64.6 Å². The zero-order valence-corrected chi connectivity index (χ0v) is 16.4. The summed E-state index contributed by atoms with van der Waals surface area (Å²) in [7, 11) is 0. The Labute approximate surface area is 160 Å². The zero-order chi connectivity index (χ0) is 19.3. The fourth-order valence-electron chi connectivity index (χ4n) is 2.70. The highest BCUT2D eigenvalue weighted by Crippen LogP contribution is 2.22. The van der Waals surface area contributed by atoms with Crippen LogP contribution in [-0.4, -0.2) is 22.5 Å². The van der Waals surface area contributed by atoms with E-state index in [0.717, 1.165) is 34.7 Å². The highest BCUT2D eigenvalue weighted by atomic mass is 16.4. The molecule has 27 heavy (non-hydrogen) atoms. The van der Waals surface area contributed by atoms with Gasteiger partial charge in [0.15, 0.2) is 5.96 Å². The molecule has 0 unspecified atom stereocenters. The number of hydrogen-bond acceptors (Lipinski definition) is 4. The number of nitrogens with one attached hydrogen (secondary N) is 2. The van der Waals surface area contributed by atoms with Crippen molar-refractivity contribution in [1.82, 2.24) is 20.6 Å². The lowest BCUT2D eigenvalue weighted by Crippen LogP contribution is -2.36. The van der Waals surface area contributed by atoms with Crippen molar-refractivity contribution in [1.29, 1.82) is 0 Å². The van der Waals surface area contributed by atoms with Crippen molar-refractivity contribution in [2.24, 2.45) is 4.99 Å². The molecule has 0 aliphatic rings. The molecule has 3 rings (SSSR count). The average molecular weight is 365 g/mol. The molecule has 142 valence electrons. The van der Waals surface area contributed by atoms with E-state index < -0.39 is 0 Å². The predicted octanol–water partition coefficient (Wildman–Crippen LogP) is 3.78. The van der Waals surface area contributed by atoms with Crippen LogP contribution >= 0.6 is 0 Å². The van der Waals surface area contributed by atoms with E-state index >= 15 is 0 Å². The van der Waals surface area contributed by atoms with Crippen molar-refractivity contribution >= 4 is 16.9 Å². The summed E-state index contributed by atoms with van der Waals surface area (Å²) in [5.74, 6) is 2.25. The molecule has 6 heteroatoms. The van der Waals surface area contributed by atoms with Gasteiger partial charge in [0.25, 0.3) is 0 Å². The minimum Gasteiger partial charge on any atom is -0.443 e. The van der Waals surface area contributed by atoms with E-state index in [1.165, 1.54) is 0 Å². The molecule has 0 aliphatic heterocycles. The van der Waals surface area contributed by atoms with Crippen LogP contribution in [-0.2, 0) is 18.5 Å². The van der Waals surface area contributed by atoms with Crippen LogP contribution in [0.2, 0.25) is 0 Å². The Morgan fingerprint density at radius 3 is 2.67 bits per heavy atom. The van der Waals surface area contributed by atoms with E-state index in [-0.39, 0.29) is 5.41 Å². The van der Waals surface area contributed by atoms with Crippen LogP contribution in [0, 0.1) is 0 Å². The van der Waals surface area contributed by atoms with Crippen molar-refractivity contribution < 1.29 is 4.42 Å². The van der Waals surface area contributed by atoms with Crippen LogP contribution in [0.3, 0.4) is 0 Å². The van der Waals surface area contributed by atoms with Gasteiger partial charge in [-0.15, -0.1) is 0 Å². The number of guanidine groups is 1. The van der Waals surface area contributed by atoms with Crippen LogP contribution in [0.5, 0.6) is 0 Å². The van der Waals surface area contributed by atoms with Crippen molar-refractivity contribution in [2.75, 3.05) is 6.54 Å². The first-order chi connectivity index (χ1) is 13.0. The second-order valence-corrected chi connectivity index (χ2v) is 7.41. The Morgan fingerprint density at radius 2 is 1.93 bits per heavy atom. The van der Waals surface area contributed by atoms with Crippen molar-refractivity contribution in [2.45, 2.75) is 46.2 Å². The number of fused-ring (bicyclic) bond motifs is 1. The molecule has 0 saturated carbocycles. The number of para-hydroxylation sites is 1. The lowest BCUT2D eigenvalue weighted by Gasteiger charge is -2.13. The summed E-state index contributed by atoms with van der Waals surface area (Å²) in [5, 5.41) is 7.66. The van der Waals surface area contributed by atoms with Crippen molar-refractivity contribution in [3.8, 4) is 0 Å². The van der Waals surface area contributed by atoms with E-state index in [9.17, 15) is 0 Å². The predicted molar refractivity (Wildman–Crippen MR) is 109 cm³/mol. The molecule has 0 spiro atoms. The third kappa shape index (κ3) is 4.84. The number of oxazole rings is 1. The molecule has 2 aromatic heterocycles. The van der Waals surface area contributed by atoms with Gasteiger partial charge in [0.05, 0.1) is 24.8 Å². The first-order valence-corrected chi connectivity index (χ1v) is 9.27. The second kappa shape index (κ2) is 8.20. The smallest absolute Gasteiger partial charge is 0.213 e. The number of rotatable bonds is 5. The summed E-state index contributed by atoms with van der Waals surface area (Å²) in [6.07, 6.45) is 3.61. The lowest BCUT2D eigenvalue weighted by atomic mass is 9.94. The molecular weight excluding hydrogens is 338 g/mol. The molecular formula is C21H27N5O. The first-order valence-electron chi connectivity index (χ1n) is 9.27. The monoisotopic (exact) mass is 365 g/mol. The molecule has 0 amide bonds. The summed E-state index contributed by atoms with van der Waals surface area (Å²) >= 11 is 0. The third-order valence-corrected chi connectivity index (χ3v) is 4.17. The topological polar surface area (TPSA) is 75.3 Å². The maximum absolute atomic E-state index is 5.83. The number of aromatic nitrogens is 2.